The lowest BCUT2D eigenvalue weighted by molar-refractivity contribution is 0.232. The standard InChI is InChI=1S/C11H11N5O/c12-11(16-17)15-13-7-9-6-5-8-3-1-2-4-10(8)14-9/h1-7,17H,(H3,12,15,16)/b13-7+. The van der Waals surface area contributed by atoms with E-state index < -0.39 is 0 Å². The van der Waals surface area contributed by atoms with Crippen LogP contribution in [0.5, 0.6) is 0 Å². The molecule has 17 heavy (non-hydrogen) atoms. The van der Waals surface area contributed by atoms with Crippen LogP contribution in [0.15, 0.2) is 46.6 Å². The minimum atomic E-state index is -0.179. The van der Waals surface area contributed by atoms with E-state index in [4.69, 9.17) is 10.9 Å². The maximum atomic E-state index is 8.38. The first-order valence-electron chi connectivity index (χ1n) is 4.92. The highest BCUT2D eigenvalue weighted by molar-refractivity contribution is 5.85. The van der Waals surface area contributed by atoms with Gasteiger partial charge in [-0.1, -0.05) is 24.3 Å². The molecular weight excluding hydrogens is 218 g/mol. The van der Waals surface area contributed by atoms with Crippen LogP contribution >= 0.6 is 0 Å². The lowest BCUT2D eigenvalue weighted by atomic mass is 10.2. The van der Waals surface area contributed by atoms with E-state index in [2.05, 4.69) is 15.2 Å². The molecule has 0 saturated heterocycles. The Morgan fingerprint density at radius 2 is 2.12 bits per heavy atom. The molecule has 0 bridgehead atoms. The number of aromatic nitrogens is 1. The summed E-state index contributed by atoms with van der Waals surface area (Å²) in [6, 6.07) is 11.5. The average molecular weight is 229 g/mol. The van der Waals surface area contributed by atoms with Gasteiger partial charge in [0.05, 0.1) is 17.4 Å². The Bertz CT molecular complexity index is 579. The van der Waals surface area contributed by atoms with E-state index in [-0.39, 0.29) is 5.96 Å². The number of nitrogens with two attached hydrogens (primary N) is 1. The number of hydrogen-bond acceptors (Lipinski definition) is 4. The number of nitrogens with one attached hydrogen (secondary N) is 1. The first-order valence-corrected chi connectivity index (χ1v) is 4.92. The molecule has 1 aromatic carbocycles. The van der Waals surface area contributed by atoms with Crippen LogP contribution in [0.4, 0.5) is 0 Å². The Kier molecular flexibility index (Phi) is 3.27. The molecule has 6 nitrogen and oxygen atoms in total. The van der Waals surface area contributed by atoms with Crippen molar-refractivity contribution in [3.8, 4) is 0 Å². The summed E-state index contributed by atoms with van der Waals surface area (Å²) >= 11 is 0. The number of fused-ring (bicyclic) bond motifs is 1. The van der Waals surface area contributed by atoms with Crippen LogP contribution in [-0.2, 0) is 0 Å². The molecular formula is C11H11N5O. The molecule has 2 aromatic rings. The van der Waals surface area contributed by atoms with E-state index in [1.165, 1.54) is 6.21 Å². The molecule has 4 N–H and O–H groups in total. The fourth-order valence-corrected chi connectivity index (χ4v) is 1.33. The predicted molar refractivity (Wildman–Crippen MR) is 65.9 cm³/mol. The fraction of sp³-hybridized carbons (Fsp3) is 0. The van der Waals surface area contributed by atoms with Gasteiger partial charge in [0.15, 0.2) is 0 Å². The summed E-state index contributed by atoms with van der Waals surface area (Å²) in [6.07, 6.45) is 1.46. The van der Waals surface area contributed by atoms with Gasteiger partial charge < -0.3 is 5.73 Å². The van der Waals surface area contributed by atoms with Crippen molar-refractivity contribution in [2.45, 2.75) is 0 Å². The first-order chi connectivity index (χ1) is 8.29. The third-order valence-electron chi connectivity index (χ3n) is 2.09. The van der Waals surface area contributed by atoms with E-state index in [0.29, 0.717) is 5.69 Å². The lowest BCUT2D eigenvalue weighted by Crippen LogP contribution is -2.27. The second-order valence-electron chi connectivity index (χ2n) is 3.27. The number of hydrogen-bond donors (Lipinski definition) is 3. The monoisotopic (exact) mass is 229 g/mol. The molecule has 0 unspecified atom stereocenters. The van der Waals surface area contributed by atoms with Gasteiger partial charge in [-0.2, -0.15) is 5.10 Å². The summed E-state index contributed by atoms with van der Waals surface area (Å²) in [5.41, 5.74) is 8.40. The molecule has 0 saturated carbocycles. The highest BCUT2D eigenvalue weighted by Crippen LogP contribution is 2.10. The van der Waals surface area contributed by atoms with Crippen molar-refractivity contribution in [1.29, 1.82) is 0 Å². The zero-order chi connectivity index (χ0) is 12.1. The molecule has 0 spiro atoms. The van der Waals surface area contributed by atoms with Gasteiger partial charge in [-0.3, -0.25) is 5.21 Å². The molecule has 0 amide bonds. The zero-order valence-corrected chi connectivity index (χ0v) is 8.91. The molecule has 0 fully saturated rings. The minimum absolute atomic E-state index is 0.179. The molecule has 86 valence electrons. The topological polar surface area (TPSA) is 95.9 Å². The van der Waals surface area contributed by atoms with Crippen molar-refractivity contribution in [1.82, 2.24) is 10.5 Å². The second-order valence-corrected chi connectivity index (χ2v) is 3.27. The largest absolute Gasteiger partial charge is 0.367 e. The maximum Gasteiger partial charge on any atom is 0.237 e. The summed E-state index contributed by atoms with van der Waals surface area (Å²) < 4.78 is 0. The number of guanidine groups is 1. The predicted octanol–water partition coefficient (Wildman–Crippen LogP) is 0.862. The van der Waals surface area contributed by atoms with Crippen LogP contribution in [-0.4, -0.2) is 22.4 Å². The van der Waals surface area contributed by atoms with Gasteiger partial charge in [0.1, 0.15) is 0 Å². The summed E-state index contributed by atoms with van der Waals surface area (Å²) in [7, 11) is 0. The van der Waals surface area contributed by atoms with Gasteiger partial charge in [0.2, 0.25) is 5.96 Å². The normalized spacial score (nSPS) is 12.2. The van der Waals surface area contributed by atoms with E-state index in [1.807, 2.05) is 36.4 Å². The molecule has 0 radical (unpaired) electrons. The lowest BCUT2D eigenvalue weighted by Gasteiger charge is -1.97. The fourth-order valence-electron chi connectivity index (χ4n) is 1.33. The van der Waals surface area contributed by atoms with Crippen LogP contribution < -0.4 is 11.2 Å². The summed E-state index contributed by atoms with van der Waals surface area (Å²) in [5, 5.41) is 16.6. The van der Waals surface area contributed by atoms with Gasteiger partial charge >= 0.3 is 0 Å². The quantitative estimate of drug-likeness (QED) is 0.404. The smallest absolute Gasteiger partial charge is 0.237 e. The van der Waals surface area contributed by atoms with Gasteiger partial charge in [-0.25, -0.2) is 10.5 Å². The number of para-hydroxylation sites is 1. The second kappa shape index (κ2) is 5.04. The van der Waals surface area contributed by atoms with E-state index in [9.17, 15) is 0 Å². The molecule has 1 heterocycles. The van der Waals surface area contributed by atoms with Crippen molar-refractivity contribution in [3.63, 3.8) is 0 Å². The first kappa shape index (κ1) is 11.0. The Morgan fingerprint density at radius 1 is 1.29 bits per heavy atom. The number of pyridine rings is 1. The molecule has 0 aliphatic rings. The van der Waals surface area contributed by atoms with Gasteiger partial charge in [-0.05, 0) is 12.1 Å². The molecule has 6 heteroatoms. The number of nitrogens with zero attached hydrogens (tertiary/aromatic N) is 3. The third-order valence-corrected chi connectivity index (χ3v) is 2.09. The maximum absolute atomic E-state index is 8.38. The van der Waals surface area contributed by atoms with Gasteiger partial charge in [-0.15, -0.1) is 5.10 Å². The summed E-state index contributed by atoms with van der Waals surface area (Å²) in [4.78, 5) is 4.36. The molecule has 0 aliphatic heterocycles. The number of rotatable bonds is 2. The number of benzene rings is 1. The molecule has 0 aliphatic carbocycles. The van der Waals surface area contributed by atoms with Crippen molar-refractivity contribution in [2.75, 3.05) is 0 Å². The Morgan fingerprint density at radius 3 is 2.94 bits per heavy atom. The Labute approximate surface area is 97.5 Å². The van der Waals surface area contributed by atoms with E-state index in [0.717, 1.165) is 10.9 Å². The van der Waals surface area contributed by atoms with Crippen LogP contribution in [0, 0.1) is 0 Å². The van der Waals surface area contributed by atoms with Gasteiger partial charge in [0, 0.05) is 5.39 Å². The SMILES string of the molecule is N/C(=N/N=C/c1ccc2ccccc2n1)NO. The van der Waals surface area contributed by atoms with Crippen LogP contribution in [0.1, 0.15) is 5.69 Å². The van der Waals surface area contributed by atoms with Crippen molar-refractivity contribution < 1.29 is 5.21 Å². The molecule has 1 aromatic heterocycles. The van der Waals surface area contributed by atoms with E-state index >= 15 is 0 Å². The Hall–Kier alpha value is -2.47. The van der Waals surface area contributed by atoms with Crippen LogP contribution in [0.25, 0.3) is 10.9 Å². The Balaban J connectivity index is 2.25. The van der Waals surface area contributed by atoms with Gasteiger partial charge in [0.25, 0.3) is 0 Å². The zero-order valence-electron chi connectivity index (χ0n) is 8.91. The van der Waals surface area contributed by atoms with Crippen LogP contribution in [0.3, 0.4) is 0 Å². The van der Waals surface area contributed by atoms with Crippen LogP contribution in [0.2, 0.25) is 0 Å². The highest BCUT2D eigenvalue weighted by Gasteiger charge is 1.94. The van der Waals surface area contributed by atoms with E-state index in [1.54, 1.807) is 5.48 Å². The van der Waals surface area contributed by atoms with Crippen molar-refractivity contribution in [3.05, 3.63) is 42.1 Å². The summed E-state index contributed by atoms with van der Waals surface area (Å²) in [5.74, 6) is -0.179. The minimum Gasteiger partial charge on any atom is -0.367 e. The number of hydroxylamine groups is 1. The molecule has 2 rings (SSSR count). The summed E-state index contributed by atoms with van der Waals surface area (Å²) in [6.45, 7) is 0. The average Bonchev–Trinajstić information content (AvgIpc) is 2.38. The van der Waals surface area contributed by atoms with Crippen molar-refractivity contribution in [2.24, 2.45) is 15.9 Å². The third kappa shape index (κ3) is 2.76. The molecule has 0 atom stereocenters. The highest BCUT2D eigenvalue weighted by atomic mass is 16.5. The van der Waals surface area contributed by atoms with Crippen molar-refractivity contribution >= 4 is 23.1 Å².